The second-order valence-corrected chi connectivity index (χ2v) is 5.14. The Labute approximate surface area is 97.9 Å². The van der Waals surface area contributed by atoms with Crippen molar-refractivity contribution in [3.63, 3.8) is 0 Å². The molecule has 0 spiro atoms. The SMILES string of the molecule is CCC(C)CC(C)(N)Cc1ccccc1F. The van der Waals surface area contributed by atoms with Gasteiger partial charge >= 0.3 is 0 Å². The lowest BCUT2D eigenvalue weighted by atomic mass is 9.84. The van der Waals surface area contributed by atoms with Crippen molar-refractivity contribution in [1.29, 1.82) is 0 Å². The molecule has 0 heterocycles. The Bertz CT molecular complexity index is 333. The summed E-state index contributed by atoms with van der Waals surface area (Å²) >= 11 is 0. The Morgan fingerprint density at radius 1 is 1.38 bits per heavy atom. The highest BCUT2D eigenvalue weighted by molar-refractivity contribution is 5.19. The average Bonchev–Trinajstić information content (AvgIpc) is 2.20. The molecule has 0 saturated carbocycles. The number of nitrogens with two attached hydrogens (primary N) is 1. The molecule has 2 heteroatoms. The van der Waals surface area contributed by atoms with Crippen molar-refractivity contribution in [2.75, 3.05) is 0 Å². The maximum Gasteiger partial charge on any atom is 0.126 e. The van der Waals surface area contributed by atoms with Gasteiger partial charge in [-0.3, -0.25) is 0 Å². The molecular formula is C14H22FN. The third-order valence-electron chi connectivity index (χ3n) is 3.06. The molecule has 0 aliphatic heterocycles. The van der Waals surface area contributed by atoms with Crippen LogP contribution in [-0.2, 0) is 6.42 Å². The molecule has 0 saturated heterocycles. The predicted octanol–water partition coefficient (Wildman–Crippen LogP) is 3.52. The van der Waals surface area contributed by atoms with E-state index >= 15 is 0 Å². The van der Waals surface area contributed by atoms with Gasteiger partial charge in [0.25, 0.3) is 0 Å². The standard InChI is InChI=1S/C14H22FN/c1-4-11(2)9-14(3,16)10-12-7-5-6-8-13(12)15/h5-8,11H,4,9-10,16H2,1-3H3. The van der Waals surface area contributed by atoms with E-state index in [1.54, 1.807) is 6.07 Å². The van der Waals surface area contributed by atoms with Gasteiger partial charge in [0.15, 0.2) is 0 Å². The van der Waals surface area contributed by atoms with Crippen LogP contribution < -0.4 is 5.73 Å². The Balaban J connectivity index is 2.69. The Kier molecular flexibility index (Phi) is 4.48. The first-order chi connectivity index (χ1) is 7.44. The van der Waals surface area contributed by atoms with Crippen molar-refractivity contribution >= 4 is 0 Å². The zero-order chi connectivity index (χ0) is 12.2. The van der Waals surface area contributed by atoms with E-state index < -0.39 is 0 Å². The van der Waals surface area contributed by atoms with E-state index in [1.807, 2.05) is 19.1 Å². The van der Waals surface area contributed by atoms with Crippen molar-refractivity contribution in [1.82, 2.24) is 0 Å². The molecule has 1 aromatic rings. The first kappa shape index (κ1) is 13.2. The number of halogens is 1. The lowest BCUT2D eigenvalue weighted by Crippen LogP contribution is -2.40. The fraction of sp³-hybridized carbons (Fsp3) is 0.571. The highest BCUT2D eigenvalue weighted by Gasteiger charge is 2.22. The summed E-state index contributed by atoms with van der Waals surface area (Å²) in [6.07, 6.45) is 2.64. The maximum atomic E-state index is 13.5. The predicted molar refractivity (Wildman–Crippen MR) is 66.8 cm³/mol. The van der Waals surface area contributed by atoms with E-state index in [1.165, 1.54) is 6.07 Å². The van der Waals surface area contributed by atoms with Crippen LogP contribution in [0.5, 0.6) is 0 Å². The largest absolute Gasteiger partial charge is 0.325 e. The first-order valence-electron chi connectivity index (χ1n) is 5.97. The molecule has 0 amide bonds. The van der Waals surface area contributed by atoms with E-state index in [9.17, 15) is 4.39 Å². The molecule has 2 N–H and O–H groups in total. The second-order valence-electron chi connectivity index (χ2n) is 5.14. The Morgan fingerprint density at radius 2 is 2.00 bits per heavy atom. The van der Waals surface area contributed by atoms with Crippen LogP contribution in [0.1, 0.15) is 39.2 Å². The number of hydrogen-bond donors (Lipinski definition) is 1. The van der Waals surface area contributed by atoms with E-state index in [4.69, 9.17) is 5.73 Å². The van der Waals surface area contributed by atoms with Crippen LogP contribution in [0.15, 0.2) is 24.3 Å². The zero-order valence-electron chi connectivity index (χ0n) is 10.5. The van der Waals surface area contributed by atoms with Gasteiger partial charge in [0.1, 0.15) is 5.82 Å². The number of rotatable bonds is 5. The van der Waals surface area contributed by atoms with Gasteiger partial charge in [-0.15, -0.1) is 0 Å². The molecule has 90 valence electrons. The minimum Gasteiger partial charge on any atom is -0.325 e. The van der Waals surface area contributed by atoms with Crippen molar-refractivity contribution in [3.8, 4) is 0 Å². The van der Waals surface area contributed by atoms with Crippen LogP contribution in [0.3, 0.4) is 0 Å². The summed E-state index contributed by atoms with van der Waals surface area (Å²) in [5, 5.41) is 0. The summed E-state index contributed by atoms with van der Waals surface area (Å²) in [4.78, 5) is 0. The monoisotopic (exact) mass is 223 g/mol. The van der Waals surface area contributed by atoms with Gasteiger partial charge in [-0.1, -0.05) is 38.5 Å². The molecule has 0 radical (unpaired) electrons. The highest BCUT2D eigenvalue weighted by Crippen LogP contribution is 2.22. The van der Waals surface area contributed by atoms with Crippen LogP contribution >= 0.6 is 0 Å². The second kappa shape index (κ2) is 5.44. The summed E-state index contributed by atoms with van der Waals surface area (Å²) in [5.74, 6) is 0.435. The summed E-state index contributed by atoms with van der Waals surface area (Å²) in [5.41, 5.74) is 6.62. The van der Waals surface area contributed by atoms with Crippen LogP contribution in [0, 0.1) is 11.7 Å². The molecular weight excluding hydrogens is 201 g/mol. The summed E-state index contributed by atoms with van der Waals surface area (Å²) < 4.78 is 13.5. The van der Waals surface area contributed by atoms with E-state index in [2.05, 4.69) is 13.8 Å². The zero-order valence-corrected chi connectivity index (χ0v) is 10.5. The average molecular weight is 223 g/mol. The van der Waals surface area contributed by atoms with Gasteiger partial charge < -0.3 is 5.73 Å². The third-order valence-corrected chi connectivity index (χ3v) is 3.06. The summed E-state index contributed by atoms with van der Waals surface area (Å²) in [6, 6.07) is 6.88. The molecule has 2 unspecified atom stereocenters. The van der Waals surface area contributed by atoms with E-state index in [0.717, 1.165) is 18.4 Å². The van der Waals surface area contributed by atoms with Crippen LogP contribution in [-0.4, -0.2) is 5.54 Å². The van der Waals surface area contributed by atoms with Crippen LogP contribution in [0.2, 0.25) is 0 Å². The first-order valence-corrected chi connectivity index (χ1v) is 5.97. The smallest absolute Gasteiger partial charge is 0.126 e. The fourth-order valence-electron chi connectivity index (χ4n) is 2.09. The molecule has 1 nitrogen and oxygen atoms in total. The van der Waals surface area contributed by atoms with E-state index in [0.29, 0.717) is 12.3 Å². The lowest BCUT2D eigenvalue weighted by Gasteiger charge is -2.28. The Hall–Kier alpha value is -0.890. The third kappa shape index (κ3) is 3.93. The summed E-state index contributed by atoms with van der Waals surface area (Å²) in [6.45, 7) is 6.35. The fourth-order valence-corrected chi connectivity index (χ4v) is 2.09. The Morgan fingerprint density at radius 3 is 2.56 bits per heavy atom. The van der Waals surface area contributed by atoms with Gasteiger partial charge in [-0.25, -0.2) is 4.39 Å². The van der Waals surface area contributed by atoms with Crippen molar-refractivity contribution in [3.05, 3.63) is 35.6 Å². The molecule has 0 aromatic heterocycles. The molecule has 0 aliphatic carbocycles. The van der Waals surface area contributed by atoms with Gasteiger partial charge in [0, 0.05) is 5.54 Å². The van der Waals surface area contributed by atoms with Gasteiger partial charge in [-0.2, -0.15) is 0 Å². The normalized spacial score (nSPS) is 16.8. The molecule has 2 atom stereocenters. The number of benzene rings is 1. The van der Waals surface area contributed by atoms with Crippen molar-refractivity contribution in [2.24, 2.45) is 11.7 Å². The van der Waals surface area contributed by atoms with Crippen LogP contribution in [0.25, 0.3) is 0 Å². The van der Waals surface area contributed by atoms with E-state index in [-0.39, 0.29) is 11.4 Å². The van der Waals surface area contributed by atoms with Crippen molar-refractivity contribution < 1.29 is 4.39 Å². The molecule has 1 rings (SSSR count). The van der Waals surface area contributed by atoms with Crippen molar-refractivity contribution in [2.45, 2.75) is 45.6 Å². The van der Waals surface area contributed by atoms with Gasteiger partial charge in [0.05, 0.1) is 0 Å². The topological polar surface area (TPSA) is 26.0 Å². The minimum absolute atomic E-state index is 0.150. The van der Waals surface area contributed by atoms with Crippen LogP contribution in [0.4, 0.5) is 4.39 Å². The molecule has 16 heavy (non-hydrogen) atoms. The quantitative estimate of drug-likeness (QED) is 0.812. The highest BCUT2D eigenvalue weighted by atomic mass is 19.1. The molecule has 1 aromatic carbocycles. The maximum absolute atomic E-state index is 13.5. The van der Waals surface area contributed by atoms with Gasteiger partial charge in [-0.05, 0) is 37.3 Å². The minimum atomic E-state index is -0.322. The molecule has 0 bridgehead atoms. The summed E-state index contributed by atoms with van der Waals surface area (Å²) in [7, 11) is 0. The lowest BCUT2D eigenvalue weighted by molar-refractivity contribution is 0.342. The molecule has 0 aliphatic rings. The molecule has 0 fully saturated rings. The number of hydrogen-bond acceptors (Lipinski definition) is 1. The van der Waals surface area contributed by atoms with Gasteiger partial charge in [0.2, 0.25) is 0 Å².